The van der Waals surface area contributed by atoms with Crippen molar-refractivity contribution in [2.45, 2.75) is 32.1 Å². The number of nitrogens with zero attached hydrogens (tertiary/aromatic N) is 1. The third kappa shape index (κ3) is 1.75. The first-order valence-corrected chi connectivity index (χ1v) is 6.40. The molecule has 0 spiro atoms. The molecule has 1 saturated carbocycles. The zero-order valence-electron chi connectivity index (χ0n) is 10.8. The van der Waals surface area contributed by atoms with Crippen LogP contribution in [0.2, 0.25) is 0 Å². The Balaban J connectivity index is 2.03. The van der Waals surface area contributed by atoms with Gasteiger partial charge in [-0.15, -0.1) is 0 Å². The van der Waals surface area contributed by atoms with Gasteiger partial charge >= 0.3 is 0 Å². The fourth-order valence-corrected chi connectivity index (χ4v) is 2.41. The molecule has 0 radical (unpaired) electrons. The van der Waals surface area contributed by atoms with Crippen molar-refractivity contribution in [1.82, 2.24) is 9.97 Å². The quantitative estimate of drug-likeness (QED) is 0.869. The molecular formula is C15H18N2O. The molecular weight excluding hydrogens is 224 g/mol. The summed E-state index contributed by atoms with van der Waals surface area (Å²) in [4.78, 5) is 8.06. The van der Waals surface area contributed by atoms with Crippen molar-refractivity contribution in [3.8, 4) is 11.3 Å². The molecule has 0 saturated heterocycles. The minimum absolute atomic E-state index is 0.0904. The van der Waals surface area contributed by atoms with E-state index < -0.39 is 0 Å². The predicted molar refractivity (Wildman–Crippen MR) is 71.5 cm³/mol. The molecule has 1 heterocycles. The summed E-state index contributed by atoms with van der Waals surface area (Å²) in [5, 5.41) is 9.46. The summed E-state index contributed by atoms with van der Waals surface area (Å²) in [6, 6.07) is 8.36. The summed E-state index contributed by atoms with van der Waals surface area (Å²) in [6.07, 6.45) is 2.06. The lowest BCUT2D eigenvalue weighted by Gasteiger charge is -2.06. The monoisotopic (exact) mass is 242 g/mol. The first-order valence-electron chi connectivity index (χ1n) is 6.40. The van der Waals surface area contributed by atoms with E-state index in [0.29, 0.717) is 0 Å². The van der Waals surface area contributed by atoms with Crippen LogP contribution in [0.15, 0.2) is 24.3 Å². The predicted octanol–water partition coefficient (Wildman–Crippen LogP) is 2.72. The number of rotatable bonds is 3. The minimum Gasteiger partial charge on any atom is -0.395 e. The van der Waals surface area contributed by atoms with Crippen LogP contribution >= 0.6 is 0 Å². The fourth-order valence-electron chi connectivity index (χ4n) is 2.41. The molecule has 0 amide bonds. The maximum Gasteiger partial charge on any atom is 0.115 e. The van der Waals surface area contributed by atoms with Crippen molar-refractivity contribution >= 4 is 0 Å². The van der Waals surface area contributed by atoms with E-state index in [1.807, 2.05) is 6.92 Å². The van der Waals surface area contributed by atoms with E-state index in [0.717, 1.165) is 35.6 Å². The molecule has 1 aromatic heterocycles. The number of H-pyrrole nitrogens is 1. The largest absolute Gasteiger partial charge is 0.395 e. The Morgan fingerprint density at radius 1 is 1.33 bits per heavy atom. The highest BCUT2D eigenvalue weighted by molar-refractivity contribution is 5.63. The average molecular weight is 242 g/mol. The zero-order chi connectivity index (χ0) is 12.8. The molecule has 0 atom stereocenters. The molecule has 2 aromatic rings. The Morgan fingerprint density at radius 2 is 2.11 bits per heavy atom. The van der Waals surface area contributed by atoms with Crippen molar-refractivity contribution in [3.63, 3.8) is 0 Å². The Bertz CT molecular complexity index is 582. The van der Waals surface area contributed by atoms with Crippen LogP contribution in [0.3, 0.4) is 0 Å². The van der Waals surface area contributed by atoms with Crippen LogP contribution in [0.1, 0.15) is 29.9 Å². The van der Waals surface area contributed by atoms with Gasteiger partial charge in [0.05, 0.1) is 17.7 Å². The van der Waals surface area contributed by atoms with Gasteiger partial charge in [-0.2, -0.15) is 0 Å². The van der Waals surface area contributed by atoms with Crippen LogP contribution < -0.4 is 0 Å². The second kappa shape index (κ2) is 3.95. The lowest BCUT2D eigenvalue weighted by molar-refractivity contribution is 0.250. The van der Waals surface area contributed by atoms with E-state index in [4.69, 9.17) is 4.98 Å². The standard InChI is InChI=1S/C15H18N2O/c1-10-4-3-5-12(8-10)13-11(2)16-14(17-13)15(9-18)6-7-15/h3-5,8,18H,6-7,9H2,1-2H3,(H,16,17). The number of hydrogen-bond acceptors (Lipinski definition) is 2. The van der Waals surface area contributed by atoms with Crippen molar-refractivity contribution in [2.24, 2.45) is 0 Å². The van der Waals surface area contributed by atoms with Gasteiger partial charge in [0.25, 0.3) is 0 Å². The highest BCUT2D eigenvalue weighted by Crippen LogP contribution is 2.47. The van der Waals surface area contributed by atoms with E-state index in [-0.39, 0.29) is 12.0 Å². The molecule has 2 N–H and O–H groups in total. The van der Waals surface area contributed by atoms with Crippen LogP contribution in [0.5, 0.6) is 0 Å². The Kier molecular flexibility index (Phi) is 2.52. The van der Waals surface area contributed by atoms with Gasteiger partial charge in [0.15, 0.2) is 0 Å². The van der Waals surface area contributed by atoms with E-state index in [9.17, 15) is 5.11 Å². The molecule has 94 valence electrons. The number of nitrogens with one attached hydrogen (secondary N) is 1. The number of aryl methyl sites for hydroxylation is 2. The first kappa shape index (κ1) is 11.5. The molecule has 3 heteroatoms. The molecule has 1 fully saturated rings. The molecule has 0 aliphatic heterocycles. The van der Waals surface area contributed by atoms with Crippen molar-refractivity contribution < 1.29 is 5.11 Å². The normalized spacial score (nSPS) is 16.8. The van der Waals surface area contributed by atoms with E-state index in [2.05, 4.69) is 36.2 Å². The number of benzene rings is 1. The number of aliphatic hydroxyl groups excluding tert-OH is 1. The second-order valence-corrected chi connectivity index (χ2v) is 5.37. The number of aromatic amines is 1. The fraction of sp³-hybridized carbons (Fsp3) is 0.400. The van der Waals surface area contributed by atoms with Crippen molar-refractivity contribution in [3.05, 3.63) is 41.3 Å². The van der Waals surface area contributed by atoms with Gasteiger partial charge in [0.1, 0.15) is 5.82 Å². The van der Waals surface area contributed by atoms with Gasteiger partial charge in [-0.05, 0) is 32.8 Å². The summed E-state index contributed by atoms with van der Waals surface area (Å²) in [5.74, 6) is 0.944. The van der Waals surface area contributed by atoms with E-state index in [1.165, 1.54) is 5.56 Å². The second-order valence-electron chi connectivity index (χ2n) is 5.37. The van der Waals surface area contributed by atoms with Crippen LogP contribution in [-0.4, -0.2) is 21.7 Å². The molecule has 3 nitrogen and oxygen atoms in total. The van der Waals surface area contributed by atoms with Gasteiger partial charge in [-0.3, -0.25) is 0 Å². The van der Waals surface area contributed by atoms with E-state index in [1.54, 1.807) is 0 Å². The molecule has 1 aliphatic rings. The molecule has 18 heavy (non-hydrogen) atoms. The van der Waals surface area contributed by atoms with Crippen molar-refractivity contribution in [1.29, 1.82) is 0 Å². The van der Waals surface area contributed by atoms with E-state index >= 15 is 0 Å². The van der Waals surface area contributed by atoms with Gasteiger partial charge in [-0.1, -0.05) is 23.8 Å². The Morgan fingerprint density at radius 3 is 2.72 bits per heavy atom. The van der Waals surface area contributed by atoms with Crippen LogP contribution in [0.25, 0.3) is 11.3 Å². The molecule has 0 unspecified atom stereocenters. The number of imidazole rings is 1. The summed E-state index contributed by atoms with van der Waals surface area (Å²) >= 11 is 0. The maximum atomic E-state index is 9.46. The van der Waals surface area contributed by atoms with Gasteiger partial charge in [0, 0.05) is 11.3 Å². The highest BCUT2D eigenvalue weighted by atomic mass is 16.3. The Labute approximate surface area is 107 Å². The lowest BCUT2D eigenvalue weighted by Crippen LogP contribution is -2.13. The lowest BCUT2D eigenvalue weighted by atomic mass is 10.1. The van der Waals surface area contributed by atoms with Crippen LogP contribution in [0.4, 0.5) is 0 Å². The molecule has 0 bridgehead atoms. The summed E-state index contributed by atoms with van der Waals surface area (Å²) in [6.45, 7) is 4.32. The first-order chi connectivity index (χ1) is 8.64. The smallest absolute Gasteiger partial charge is 0.115 e. The maximum absolute atomic E-state index is 9.46. The van der Waals surface area contributed by atoms with Gasteiger partial charge in [0.2, 0.25) is 0 Å². The molecule has 3 rings (SSSR count). The molecule has 1 aromatic carbocycles. The highest BCUT2D eigenvalue weighted by Gasteiger charge is 2.46. The third-order valence-electron chi connectivity index (χ3n) is 3.83. The van der Waals surface area contributed by atoms with Gasteiger partial charge < -0.3 is 10.1 Å². The van der Waals surface area contributed by atoms with Crippen LogP contribution in [-0.2, 0) is 5.41 Å². The minimum atomic E-state index is -0.0904. The Hall–Kier alpha value is -1.61. The summed E-state index contributed by atoms with van der Waals surface area (Å²) in [7, 11) is 0. The van der Waals surface area contributed by atoms with Gasteiger partial charge in [-0.25, -0.2) is 4.98 Å². The topological polar surface area (TPSA) is 48.9 Å². The average Bonchev–Trinajstić information content (AvgIpc) is 3.07. The SMILES string of the molecule is Cc1cccc(-c2nc(C3(CO)CC3)[nH]c2C)c1. The summed E-state index contributed by atoms with van der Waals surface area (Å²) < 4.78 is 0. The zero-order valence-corrected chi connectivity index (χ0v) is 10.8. The van der Waals surface area contributed by atoms with Crippen LogP contribution in [0, 0.1) is 13.8 Å². The molecule has 1 aliphatic carbocycles. The number of aliphatic hydroxyl groups is 1. The number of aromatic nitrogens is 2. The summed E-state index contributed by atoms with van der Waals surface area (Å²) in [5.41, 5.74) is 4.37. The third-order valence-corrected chi connectivity index (χ3v) is 3.83. The number of hydrogen-bond donors (Lipinski definition) is 2. The van der Waals surface area contributed by atoms with Crippen molar-refractivity contribution in [2.75, 3.05) is 6.61 Å².